The number of nitrogens with one attached hydrogen (secondary N) is 1. The molecule has 0 aliphatic rings. The first kappa shape index (κ1) is 11.9. The number of hydrogen-bond donors (Lipinski definition) is 1. The van der Waals surface area contributed by atoms with Crippen molar-refractivity contribution in [2.75, 3.05) is 0 Å². The molecule has 2 rings (SSSR count). The zero-order valence-corrected chi connectivity index (χ0v) is 10.4. The molecule has 0 bridgehead atoms. The summed E-state index contributed by atoms with van der Waals surface area (Å²) in [7, 11) is 0. The maximum absolute atomic E-state index is 11.6. The molecule has 4 nitrogen and oxygen atoms in total. The van der Waals surface area contributed by atoms with Gasteiger partial charge in [0.05, 0.1) is 18.4 Å². The summed E-state index contributed by atoms with van der Waals surface area (Å²) >= 11 is 3.12. The molecule has 0 saturated heterocycles. The van der Waals surface area contributed by atoms with E-state index >= 15 is 0 Å². The maximum atomic E-state index is 11.6. The molecule has 5 heteroatoms. The molecule has 0 saturated carbocycles. The molecule has 1 heterocycles. The topological polar surface area (TPSA) is 51.5 Å². The summed E-state index contributed by atoms with van der Waals surface area (Å²) in [6, 6.07) is 11.1. The second-order valence-corrected chi connectivity index (χ2v) is 4.03. The Kier molecular flexibility index (Phi) is 3.95. The lowest BCUT2D eigenvalue weighted by molar-refractivity contribution is 0.0232. The van der Waals surface area contributed by atoms with Gasteiger partial charge in [-0.15, -0.1) is 0 Å². The van der Waals surface area contributed by atoms with Crippen LogP contribution in [0.1, 0.15) is 15.9 Å². The highest BCUT2D eigenvalue weighted by atomic mass is 79.9. The van der Waals surface area contributed by atoms with E-state index in [1.807, 2.05) is 30.3 Å². The molecule has 1 amide bonds. The van der Waals surface area contributed by atoms with E-state index in [-0.39, 0.29) is 5.91 Å². The molecule has 0 radical (unpaired) electrons. The highest BCUT2D eigenvalue weighted by Crippen LogP contribution is 2.17. The van der Waals surface area contributed by atoms with Gasteiger partial charge in [-0.3, -0.25) is 9.63 Å². The van der Waals surface area contributed by atoms with Gasteiger partial charge >= 0.3 is 0 Å². The zero-order valence-electron chi connectivity index (χ0n) is 8.85. The van der Waals surface area contributed by atoms with Crippen molar-refractivity contribution in [1.29, 1.82) is 0 Å². The molecule has 0 unspecified atom stereocenters. The summed E-state index contributed by atoms with van der Waals surface area (Å²) in [5.41, 5.74) is 3.73. The van der Waals surface area contributed by atoms with Gasteiger partial charge in [-0.1, -0.05) is 30.3 Å². The van der Waals surface area contributed by atoms with Crippen LogP contribution >= 0.6 is 15.9 Å². The van der Waals surface area contributed by atoms with E-state index in [1.54, 1.807) is 6.07 Å². The Labute approximate surface area is 107 Å². The largest absolute Gasteiger partial charge is 0.457 e. The Morgan fingerprint density at radius 1 is 1.29 bits per heavy atom. The lowest BCUT2D eigenvalue weighted by Gasteiger charge is -2.04. The van der Waals surface area contributed by atoms with Crippen molar-refractivity contribution >= 4 is 21.8 Å². The van der Waals surface area contributed by atoms with E-state index in [1.165, 1.54) is 6.26 Å². The number of rotatable bonds is 4. The van der Waals surface area contributed by atoms with Crippen LogP contribution in [0.15, 0.2) is 51.7 Å². The zero-order chi connectivity index (χ0) is 12.1. The Morgan fingerprint density at radius 3 is 2.71 bits per heavy atom. The van der Waals surface area contributed by atoms with Crippen molar-refractivity contribution in [3.63, 3.8) is 0 Å². The first-order chi connectivity index (χ1) is 8.27. The Balaban J connectivity index is 1.84. The van der Waals surface area contributed by atoms with Crippen LogP contribution in [0, 0.1) is 0 Å². The molecule has 0 spiro atoms. The fourth-order valence-electron chi connectivity index (χ4n) is 1.27. The van der Waals surface area contributed by atoms with E-state index in [2.05, 4.69) is 21.4 Å². The third-order valence-electron chi connectivity index (χ3n) is 2.11. The van der Waals surface area contributed by atoms with Gasteiger partial charge in [-0.25, -0.2) is 5.48 Å². The fourth-order valence-corrected chi connectivity index (χ4v) is 1.69. The first-order valence-electron chi connectivity index (χ1n) is 4.96. The van der Waals surface area contributed by atoms with Crippen molar-refractivity contribution < 1.29 is 14.0 Å². The minimum Gasteiger partial charge on any atom is -0.457 e. The van der Waals surface area contributed by atoms with Crippen molar-refractivity contribution in [2.24, 2.45) is 0 Å². The van der Waals surface area contributed by atoms with E-state index < -0.39 is 0 Å². The average Bonchev–Trinajstić information content (AvgIpc) is 2.77. The lowest BCUT2D eigenvalue weighted by atomic mass is 10.2. The van der Waals surface area contributed by atoms with Crippen molar-refractivity contribution in [2.45, 2.75) is 6.61 Å². The Morgan fingerprint density at radius 2 is 2.06 bits per heavy atom. The number of halogens is 1. The number of carbonyl (C=O) groups is 1. The molecule has 0 fully saturated rings. The van der Waals surface area contributed by atoms with Gasteiger partial charge in [0.2, 0.25) is 0 Å². The van der Waals surface area contributed by atoms with Crippen LogP contribution in [0.5, 0.6) is 0 Å². The van der Waals surface area contributed by atoms with Crippen LogP contribution in [0.3, 0.4) is 0 Å². The predicted molar refractivity (Wildman–Crippen MR) is 65.1 cm³/mol. The fraction of sp³-hybridized carbons (Fsp3) is 0.0833. The molecule has 0 aliphatic heterocycles. The van der Waals surface area contributed by atoms with Crippen LogP contribution in [0.4, 0.5) is 0 Å². The number of carbonyl (C=O) groups excluding carboxylic acids is 1. The highest BCUT2D eigenvalue weighted by Gasteiger charge is 2.12. The molecule has 2 aromatic rings. The Hall–Kier alpha value is -1.59. The van der Waals surface area contributed by atoms with Gasteiger partial charge < -0.3 is 4.42 Å². The second-order valence-electron chi connectivity index (χ2n) is 3.31. The third-order valence-corrected chi connectivity index (χ3v) is 2.72. The number of furan rings is 1. The summed E-state index contributed by atoms with van der Waals surface area (Å²) in [5.74, 6) is -0.346. The van der Waals surface area contributed by atoms with E-state index in [0.29, 0.717) is 16.8 Å². The minimum absolute atomic E-state index is 0.321. The van der Waals surface area contributed by atoms with Crippen molar-refractivity contribution in [3.05, 3.63) is 58.5 Å². The van der Waals surface area contributed by atoms with Gasteiger partial charge in [0, 0.05) is 0 Å². The third kappa shape index (κ3) is 3.18. The summed E-state index contributed by atoms with van der Waals surface area (Å²) in [5, 5.41) is 0. The first-order valence-corrected chi connectivity index (χ1v) is 5.75. The Bertz CT molecular complexity index is 495. The molecule has 1 N–H and O–H groups in total. The van der Waals surface area contributed by atoms with E-state index in [4.69, 9.17) is 9.25 Å². The summed E-state index contributed by atoms with van der Waals surface area (Å²) < 4.78 is 5.34. The average molecular weight is 296 g/mol. The molecular formula is C12H10BrNO3. The smallest absolute Gasteiger partial charge is 0.279 e. The number of hydroxylamine groups is 1. The molecule has 1 aromatic heterocycles. The van der Waals surface area contributed by atoms with Gasteiger partial charge in [-0.2, -0.15) is 0 Å². The molecule has 1 aromatic carbocycles. The molecule has 88 valence electrons. The second kappa shape index (κ2) is 5.65. The molecule has 0 aliphatic carbocycles. The molecule has 0 atom stereocenters. The summed E-state index contributed by atoms with van der Waals surface area (Å²) in [6.07, 6.45) is 1.43. The van der Waals surface area contributed by atoms with Crippen LogP contribution in [0.2, 0.25) is 0 Å². The highest BCUT2D eigenvalue weighted by molar-refractivity contribution is 9.10. The van der Waals surface area contributed by atoms with Crippen LogP contribution < -0.4 is 5.48 Å². The van der Waals surface area contributed by atoms with Crippen molar-refractivity contribution in [1.82, 2.24) is 5.48 Å². The lowest BCUT2D eigenvalue weighted by Crippen LogP contribution is -2.23. The maximum Gasteiger partial charge on any atom is 0.279 e. The molecular weight excluding hydrogens is 286 g/mol. The number of hydrogen-bond acceptors (Lipinski definition) is 3. The van der Waals surface area contributed by atoms with Crippen LogP contribution in [-0.2, 0) is 11.4 Å². The summed E-state index contributed by atoms with van der Waals surface area (Å²) in [4.78, 5) is 16.7. The standard InChI is InChI=1S/C12H10BrNO3/c13-11-10(6-7-16-11)12(15)14-17-8-9-4-2-1-3-5-9/h1-7H,8H2,(H,14,15). The van der Waals surface area contributed by atoms with Crippen LogP contribution in [0.25, 0.3) is 0 Å². The SMILES string of the molecule is O=C(NOCc1ccccc1)c1ccoc1Br. The van der Waals surface area contributed by atoms with E-state index in [9.17, 15) is 4.79 Å². The van der Waals surface area contributed by atoms with Gasteiger partial charge in [0.1, 0.15) is 0 Å². The molecule has 17 heavy (non-hydrogen) atoms. The number of amides is 1. The van der Waals surface area contributed by atoms with Crippen molar-refractivity contribution in [3.8, 4) is 0 Å². The van der Waals surface area contributed by atoms with Gasteiger partial charge in [0.25, 0.3) is 5.91 Å². The van der Waals surface area contributed by atoms with E-state index in [0.717, 1.165) is 5.56 Å². The van der Waals surface area contributed by atoms with Crippen LogP contribution in [-0.4, -0.2) is 5.91 Å². The van der Waals surface area contributed by atoms with Gasteiger partial charge in [0.15, 0.2) is 4.67 Å². The van der Waals surface area contributed by atoms with Gasteiger partial charge in [-0.05, 0) is 27.6 Å². The minimum atomic E-state index is -0.346. The normalized spacial score (nSPS) is 10.2. The predicted octanol–water partition coefficient (Wildman–Crippen LogP) is 2.90. The quantitative estimate of drug-likeness (QED) is 0.883. The summed E-state index contributed by atoms with van der Waals surface area (Å²) in [6.45, 7) is 0.321. The monoisotopic (exact) mass is 295 g/mol. The number of benzene rings is 1.